The quantitative estimate of drug-likeness (QED) is 0.357. The summed E-state index contributed by atoms with van der Waals surface area (Å²) >= 11 is 1.23. The normalized spacial score (nSPS) is 10.8. The minimum absolute atomic E-state index is 0. The molecule has 3 heterocycles. The van der Waals surface area contributed by atoms with Gasteiger partial charge in [-0.15, -0.1) is 21.5 Å². The maximum absolute atomic E-state index is 11.8. The summed E-state index contributed by atoms with van der Waals surface area (Å²) in [6, 6.07) is 16.3. The number of benzene rings is 2. The van der Waals surface area contributed by atoms with Gasteiger partial charge >= 0.3 is 35.5 Å². The van der Waals surface area contributed by atoms with Crippen LogP contribution in [0, 0.1) is 6.92 Å². The van der Waals surface area contributed by atoms with Crippen molar-refractivity contribution >= 4 is 28.3 Å². The molecular formula is C22H19N6NaO3S. The van der Waals surface area contributed by atoms with Crippen LogP contribution in [-0.4, -0.2) is 48.4 Å². The number of fused-ring (bicyclic) bond motifs is 1. The second-order valence-electron chi connectivity index (χ2n) is 7.15. The number of nitrogens with one attached hydrogen (secondary N) is 1. The first-order valence-electron chi connectivity index (χ1n) is 9.76. The first-order chi connectivity index (χ1) is 15.6. The molecule has 5 rings (SSSR count). The van der Waals surface area contributed by atoms with Crippen molar-refractivity contribution < 1.29 is 45.6 Å². The number of aromatic carboxylic acids is 1. The van der Waals surface area contributed by atoms with Crippen molar-refractivity contribution in [3.8, 4) is 28.5 Å². The van der Waals surface area contributed by atoms with Crippen LogP contribution in [0.1, 0.15) is 21.5 Å². The number of nitrogens with zero attached hydrogens (tertiary/aromatic N) is 5. The van der Waals surface area contributed by atoms with Crippen molar-refractivity contribution in [3.63, 3.8) is 0 Å². The third-order valence-corrected chi connectivity index (χ3v) is 6.30. The molecule has 0 spiro atoms. The zero-order chi connectivity index (χ0) is 22.2. The maximum Gasteiger partial charge on any atom is 1.00 e. The average Bonchev–Trinajstić information content (AvgIpc) is 3.53. The number of tetrazole rings is 1. The monoisotopic (exact) mass is 470 g/mol. The number of aromatic amines is 1. The minimum Gasteiger partial charge on any atom is -1.00 e. The van der Waals surface area contributed by atoms with E-state index in [0.717, 1.165) is 27.1 Å². The molecule has 9 nitrogen and oxygen atoms in total. The van der Waals surface area contributed by atoms with E-state index in [-0.39, 0.29) is 35.9 Å². The second-order valence-corrected chi connectivity index (χ2v) is 8.38. The van der Waals surface area contributed by atoms with Crippen LogP contribution >= 0.6 is 11.3 Å². The van der Waals surface area contributed by atoms with Crippen LogP contribution < -0.4 is 34.3 Å². The van der Waals surface area contributed by atoms with Gasteiger partial charge in [0.1, 0.15) is 10.4 Å². The van der Waals surface area contributed by atoms with Crippen molar-refractivity contribution in [1.29, 1.82) is 0 Å². The van der Waals surface area contributed by atoms with Gasteiger partial charge in [-0.3, -0.25) is 4.57 Å². The van der Waals surface area contributed by atoms with Crippen LogP contribution in [-0.2, 0) is 6.54 Å². The molecule has 2 N–H and O–H groups in total. The van der Waals surface area contributed by atoms with Gasteiger partial charge in [-0.25, -0.2) is 4.79 Å². The van der Waals surface area contributed by atoms with Gasteiger partial charge in [-0.1, -0.05) is 48.5 Å². The third-order valence-electron chi connectivity index (χ3n) is 5.23. The number of carbonyl (C=O) groups is 1. The van der Waals surface area contributed by atoms with E-state index in [4.69, 9.17) is 4.74 Å². The number of aryl methyl sites for hydroxylation is 1. The van der Waals surface area contributed by atoms with E-state index in [1.807, 2.05) is 60.0 Å². The fraction of sp³-hybridized carbons (Fsp3) is 0.136. The Morgan fingerprint density at radius 3 is 2.55 bits per heavy atom. The van der Waals surface area contributed by atoms with Crippen molar-refractivity contribution in [2.24, 2.45) is 0 Å². The second kappa shape index (κ2) is 9.44. The molecule has 11 heteroatoms. The Bertz CT molecular complexity index is 1430. The van der Waals surface area contributed by atoms with E-state index in [1.54, 1.807) is 0 Å². The maximum atomic E-state index is 11.8. The van der Waals surface area contributed by atoms with E-state index in [0.29, 0.717) is 29.4 Å². The Balaban J connectivity index is 0.00000162. The van der Waals surface area contributed by atoms with Crippen LogP contribution in [0.4, 0.5) is 0 Å². The number of thiophene rings is 1. The van der Waals surface area contributed by atoms with E-state index >= 15 is 0 Å². The van der Waals surface area contributed by atoms with Gasteiger partial charge in [-0.05, 0) is 28.8 Å². The van der Waals surface area contributed by atoms with Gasteiger partial charge in [-0.2, -0.15) is 10.2 Å². The number of aromatic nitrogens is 6. The van der Waals surface area contributed by atoms with Gasteiger partial charge in [0, 0.05) is 10.4 Å². The Morgan fingerprint density at radius 2 is 1.91 bits per heavy atom. The predicted octanol–water partition coefficient (Wildman–Crippen LogP) is 1.12. The topological polar surface area (TPSA) is 119 Å². The summed E-state index contributed by atoms with van der Waals surface area (Å²) in [5.41, 5.74) is 5.12. The molecule has 0 aliphatic rings. The predicted molar refractivity (Wildman–Crippen MR) is 121 cm³/mol. The van der Waals surface area contributed by atoms with Crippen LogP contribution in [0.25, 0.3) is 33.5 Å². The molecular weight excluding hydrogens is 451 g/mol. The number of carboxylic acids is 1. The van der Waals surface area contributed by atoms with E-state index in [2.05, 4.69) is 25.6 Å². The standard InChI is InChI=1S/C22H18N6O3S.Na.H/c1-12-17-18(19(32-12)21(29)30)28(22(23-17)31-2)11-13-7-9-14(10-8-13)15-5-3-4-6-16(15)20-24-26-27-25-20;;/h3-10H,11H2,1-2H3,(H,29,30)(H,24,25,26,27);;/q;+1;-1. The van der Waals surface area contributed by atoms with Gasteiger partial charge in [0.25, 0.3) is 6.01 Å². The number of hydrogen-bond donors (Lipinski definition) is 2. The molecule has 0 unspecified atom stereocenters. The molecule has 162 valence electrons. The van der Waals surface area contributed by atoms with E-state index < -0.39 is 5.97 Å². The number of ether oxygens (including phenoxy) is 1. The van der Waals surface area contributed by atoms with Crippen LogP contribution in [0.15, 0.2) is 48.5 Å². The first-order valence-corrected chi connectivity index (χ1v) is 10.6. The van der Waals surface area contributed by atoms with Gasteiger partial charge in [0.05, 0.1) is 19.2 Å². The smallest absolute Gasteiger partial charge is 1.00 e. The van der Waals surface area contributed by atoms with E-state index in [1.165, 1.54) is 18.4 Å². The summed E-state index contributed by atoms with van der Waals surface area (Å²) in [4.78, 5) is 17.4. The summed E-state index contributed by atoms with van der Waals surface area (Å²) in [5, 5.41) is 24.0. The van der Waals surface area contributed by atoms with Crippen molar-refractivity contribution in [2.75, 3.05) is 7.11 Å². The molecule has 0 aliphatic heterocycles. The van der Waals surface area contributed by atoms with Gasteiger partial charge < -0.3 is 11.3 Å². The number of rotatable bonds is 6. The summed E-state index contributed by atoms with van der Waals surface area (Å²) in [7, 11) is 1.54. The number of imidazole rings is 1. The van der Waals surface area contributed by atoms with Crippen molar-refractivity contribution in [2.45, 2.75) is 13.5 Å². The Labute approximate surface area is 216 Å². The zero-order valence-corrected chi connectivity index (χ0v) is 21.1. The molecule has 0 aliphatic carbocycles. The van der Waals surface area contributed by atoms with Gasteiger partial charge in [0.15, 0.2) is 0 Å². The molecule has 3 aromatic heterocycles. The molecule has 0 amide bonds. The summed E-state index contributed by atoms with van der Waals surface area (Å²) in [6.07, 6.45) is 0. The van der Waals surface area contributed by atoms with Crippen LogP contribution in [0.5, 0.6) is 6.01 Å². The SMILES string of the molecule is COc1nc2c(C)sc(C(=O)O)c2n1Cc1ccc(-c2ccccc2-c2nn[nH]n2)cc1.[H-].[Na+]. The Kier molecular flexibility index (Phi) is 6.61. The van der Waals surface area contributed by atoms with Gasteiger partial charge in [0.2, 0.25) is 5.82 Å². The van der Waals surface area contributed by atoms with Crippen LogP contribution in [0.3, 0.4) is 0 Å². The summed E-state index contributed by atoms with van der Waals surface area (Å²) < 4.78 is 7.25. The molecule has 0 saturated carbocycles. The third kappa shape index (κ3) is 4.18. The minimum atomic E-state index is -0.967. The Hall–Kier alpha value is -3.05. The van der Waals surface area contributed by atoms with E-state index in [9.17, 15) is 9.90 Å². The molecule has 2 aromatic carbocycles. The summed E-state index contributed by atoms with van der Waals surface area (Å²) in [5.74, 6) is -0.436. The molecule has 0 atom stereocenters. The number of methoxy groups -OCH3 is 1. The molecule has 33 heavy (non-hydrogen) atoms. The zero-order valence-electron chi connectivity index (χ0n) is 19.2. The molecule has 0 fully saturated rings. The van der Waals surface area contributed by atoms with Crippen LogP contribution in [0.2, 0.25) is 0 Å². The summed E-state index contributed by atoms with van der Waals surface area (Å²) in [6.45, 7) is 2.30. The number of hydrogen-bond acceptors (Lipinski definition) is 7. The molecule has 0 saturated heterocycles. The largest absolute Gasteiger partial charge is 1.00 e. The fourth-order valence-electron chi connectivity index (χ4n) is 3.78. The number of H-pyrrole nitrogens is 1. The molecule has 0 radical (unpaired) electrons. The number of carboxylic acid groups (broad SMARTS) is 1. The fourth-order valence-corrected chi connectivity index (χ4v) is 4.72. The first kappa shape index (κ1) is 23.1. The van der Waals surface area contributed by atoms with Crippen molar-refractivity contribution in [3.05, 3.63) is 63.8 Å². The Morgan fingerprint density at radius 1 is 1.18 bits per heavy atom. The molecule has 0 bridgehead atoms. The average molecular weight is 470 g/mol. The van der Waals surface area contributed by atoms with Crippen molar-refractivity contribution in [1.82, 2.24) is 30.2 Å². The molecule has 5 aromatic rings.